The highest BCUT2D eigenvalue weighted by molar-refractivity contribution is 8.01. The number of carbonyl (C=O) groups is 1. The molecule has 2 aliphatic heterocycles. The minimum Gasteiger partial charge on any atom is -0.324 e. The molecule has 1 N–H and O–H groups in total. The van der Waals surface area contributed by atoms with Gasteiger partial charge < -0.3 is 5.32 Å². The molecule has 7 heteroatoms. The fourth-order valence-electron chi connectivity index (χ4n) is 2.86. The smallest absolute Gasteiger partial charge is 0.243 e. The van der Waals surface area contributed by atoms with E-state index in [0.717, 1.165) is 17.7 Å². The lowest BCUT2D eigenvalue weighted by atomic mass is 10.0. The number of carbonyl (C=O) groups excluding carboxylic acids is 1. The number of benzene rings is 1. The van der Waals surface area contributed by atoms with Crippen molar-refractivity contribution in [3.8, 4) is 0 Å². The molecule has 120 valence electrons. The number of fused-ring (bicyclic) bond motifs is 1. The Kier molecular flexibility index (Phi) is 4.22. The number of piperidine rings is 1. The molecule has 0 aliphatic carbocycles. The van der Waals surface area contributed by atoms with Crippen LogP contribution in [0.5, 0.6) is 0 Å². The van der Waals surface area contributed by atoms with E-state index in [4.69, 9.17) is 0 Å². The van der Waals surface area contributed by atoms with Crippen LogP contribution in [0.3, 0.4) is 0 Å². The molecule has 0 saturated carbocycles. The maximum atomic E-state index is 12.8. The van der Waals surface area contributed by atoms with Gasteiger partial charge in [-0.2, -0.15) is 4.31 Å². The van der Waals surface area contributed by atoms with E-state index in [9.17, 15) is 13.2 Å². The predicted molar refractivity (Wildman–Crippen MR) is 87.5 cm³/mol. The van der Waals surface area contributed by atoms with Gasteiger partial charge in [-0.3, -0.25) is 4.79 Å². The number of hydrogen-bond acceptors (Lipinski definition) is 4. The largest absolute Gasteiger partial charge is 0.324 e. The Morgan fingerprint density at radius 2 is 2.09 bits per heavy atom. The van der Waals surface area contributed by atoms with Crippen LogP contribution < -0.4 is 5.32 Å². The van der Waals surface area contributed by atoms with Gasteiger partial charge >= 0.3 is 0 Å². The van der Waals surface area contributed by atoms with Gasteiger partial charge in [-0.1, -0.05) is 6.92 Å². The minimum absolute atomic E-state index is 0.0846. The SMILES string of the molecule is CC1CCCN(S(=O)(=O)c2ccc3c(c2)NC(=O)C(C)S3)C1. The van der Waals surface area contributed by atoms with Crippen molar-refractivity contribution < 1.29 is 13.2 Å². The van der Waals surface area contributed by atoms with E-state index in [0.29, 0.717) is 24.7 Å². The Morgan fingerprint density at radius 3 is 2.82 bits per heavy atom. The van der Waals surface area contributed by atoms with Crippen molar-refractivity contribution in [1.29, 1.82) is 0 Å². The molecule has 2 atom stereocenters. The molecule has 1 aromatic carbocycles. The number of sulfonamides is 1. The van der Waals surface area contributed by atoms with Gasteiger partial charge in [0.25, 0.3) is 0 Å². The summed E-state index contributed by atoms with van der Waals surface area (Å²) in [7, 11) is -3.49. The van der Waals surface area contributed by atoms with E-state index in [-0.39, 0.29) is 16.1 Å². The number of hydrogen-bond donors (Lipinski definition) is 1. The average molecular weight is 340 g/mol. The van der Waals surface area contributed by atoms with Crippen LogP contribution in [-0.4, -0.2) is 37.0 Å². The third-order valence-electron chi connectivity index (χ3n) is 4.14. The molecule has 2 aliphatic rings. The number of nitrogens with zero attached hydrogens (tertiary/aromatic N) is 1. The summed E-state index contributed by atoms with van der Waals surface area (Å²) >= 11 is 1.45. The zero-order chi connectivity index (χ0) is 15.9. The average Bonchev–Trinajstić information content (AvgIpc) is 2.48. The molecule has 2 heterocycles. The van der Waals surface area contributed by atoms with Gasteiger partial charge in [-0.05, 0) is 43.9 Å². The third kappa shape index (κ3) is 2.89. The lowest BCUT2D eigenvalue weighted by Crippen LogP contribution is -2.39. The highest BCUT2D eigenvalue weighted by Gasteiger charge is 2.30. The Balaban J connectivity index is 1.92. The summed E-state index contributed by atoms with van der Waals surface area (Å²) in [5.74, 6) is 0.302. The molecular weight excluding hydrogens is 320 g/mol. The molecule has 0 spiro atoms. The first kappa shape index (κ1) is 15.8. The van der Waals surface area contributed by atoms with Crippen molar-refractivity contribution in [2.24, 2.45) is 5.92 Å². The molecular formula is C15H20N2O3S2. The monoisotopic (exact) mass is 340 g/mol. The number of anilines is 1. The number of nitrogens with one attached hydrogen (secondary N) is 1. The molecule has 2 unspecified atom stereocenters. The normalized spacial score (nSPS) is 26.4. The molecule has 0 bridgehead atoms. The van der Waals surface area contributed by atoms with Gasteiger partial charge in [0.1, 0.15) is 0 Å². The first-order chi connectivity index (χ1) is 10.4. The van der Waals surface area contributed by atoms with Gasteiger partial charge in [0.15, 0.2) is 0 Å². The van der Waals surface area contributed by atoms with Crippen LogP contribution in [0, 0.1) is 5.92 Å². The van der Waals surface area contributed by atoms with E-state index < -0.39 is 10.0 Å². The molecule has 1 amide bonds. The fourth-order valence-corrected chi connectivity index (χ4v) is 5.42. The number of amides is 1. The molecule has 22 heavy (non-hydrogen) atoms. The third-order valence-corrected chi connectivity index (χ3v) is 7.18. The van der Waals surface area contributed by atoms with Crippen LogP contribution in [0.1, 0.15) is 26.7 Å². The summed E-state index contributed by atoms with van der Waals surface area (Å²) in [5.41, 5.74) is 0.597. The Bertz CT molecular complexity index is 703. The van der Waals surface area contributed by atoms with E-state index >= 15 is 0 Å². The maximum Gasteiger partial charge on any atom is 0.243 e. The second-order valence-corrected chi connectivity index (χ2v) is 9.34. The molecule has 0 radical (unpaired) electrons. The van der Waals surface area contributed by atoms with Gasteiger partial charge in [0.2, 0.25) is 15.9 Å². The summed E-state index contributed by atoms with van der Waals surface area (Å²) in [6.45, 7) is 5.05. The molecule has 3 rings (SSSR count). The fraction of sp³-hybridized carbons (Fsp3) is 0.533. The molecule has 1 saturated heterocycles. The lowest BCUT2D eigenvalue weighted by Gasteiger charge is -2.30. The van der Waals surface area contributed by atoms with Crippen molar-refractivity contribution in [3.05, 3.63) is 18.2 Å². The first-order valence-electron chi connectivity index (χ1n) is 7.49. The number of rotatable bonds is 2. The zero-order valence-electron chi connectivity index (χ0n) is 12.7. The Morgan fingerprint density at radius 1 is 1.32 bits per heavy atom. The Hall–Kier alpha value is -1.05. The lowest BCUT2D eigenvalue weighted by molar-refractivity contribution is -0.115. The summed E-state index contributed by atoms with van der Waals surface area (Å²) in [6, 6.07) is 5.02. The van der Waals surface area contributed by atoms with Crippen molar-refractivity contribution in [1.82, 2.24) is 4.31 Å². The van der Waals surface area contributed by atoms with Crippen molar-refractivity contribution in [2.75, 3.05) is 18.4 Å². The van der Waals surface area contributed by atoms with Crippen molar-refractivity contribution >= 4 is 33.4 Å². The standard InChI is InChI=1S/C15H20N2O3S2/c1-10-4-3-7-17(9-10)22(19,20)12-5-6-14-13(8-12)16-15(18)11(2)21-14/h5-6,8,10-11H,3-4,7,9H2,1-2H3,(H,16,18). The van der Waals surface area contributed by atoms with Crippen LogP contribution in [0.2, 0.25) is 0 Å². The second-order valence-electron chi connectivity index (χ2n) is 6.02. The van der Waals surface area contributed by atoms with Gasteiger partial charge in [-0.15, -0.1) is 11.8 Å². The molecule has 5 nitrogen and oxygen atoms in total. The maximum absolute atomic E-state index is 12.8. The van der Waals surface area contributed by atoms with Crippen LogP contribution in [0.4, 0.5) is 5.69 Å². The van der Waals surface area contributed by atoms with Gasteiger partial charge in [0.05, 0.1) is 15.8 Å². The highest BCUT2D eigenvalue weighted by atomic mass is 32.2. The van der Waals surface area contributed by atoms with Gasteiger partial charge in [0, 0.05) is 18.0 Å². The van der Waals surface area contributed by atoms with Crippen LogP contribution in [0.15, 0.2) is 28.0 Å². The summed E-state index contributed by atoms with van der Waals surface area (Å²) < 4.78 is 27.1. The van der Waals surface area contributed by atoms with E-state index in [2.05, 4.69) is 12.2 Å². The van der Waals surface area contributed by atoms with Crippen molar-refractivity contribution in [3.63, 3.8) is 0 Å². The topological polar surface area (TPSA) is 66.5 Å². The number of thioether (sulfide) groups is 1. The molecule has 0 aromatic heterocycles. The second kappa shape index (κ2) is 5.86. The minimum atomic E-state index is -3.49. The van der Waals surface area contributed by atoms with Gasteiger partial charge in [-0.25, -0.2) is 8.42 Å². The van der Waals surface area contributed by atoms with Crippen LogP contribution >= 0.6 is 11.8 Å². The predicted octanol–water partition coefficient (Wildman–Crippen LogP) is 2.54. The summed E-state index contributed by atoms with van der Waals surface area (Å²) in [5, 5.41) is 2.64. The Labute approximate surface area is 135 Å². The van der Waals surface area contributed by atoms with E-state index in [1.807, 2.05) is 6.92 Å². The zero-order valence-corrected chi connectivity index (χ0v) is 14.3. The first-order valence-corrected chi connectivity index (χ1v) is 9.81. The molecule has 1 fully saturated rings. The highest BCUT2D eigenvalue weighted by Crippen LogP contribution is 2.37. The van der Waals surface area contributed by atoms with Crippen LogP contribution in [-0.2, 0) is 14.8 Å². The summed E-state index contributed by atoms with van der Waals surface area (Å²) in [6.07, 6.45) is 1.97. The molecule has 1 aromatic rings. The summed E-state index contributed by atoms with van der Waals surface area (Å²) in [4.78, 5) is 12.9. The van der Waals surface area contributed by atoms with Crippen molar-refractivity contribution in [2.45, 2.75) is 41.7 Å². The van der Waals surface area contributed by atoms with Crippen LogP contribution in [0.25, 0.3) is 0 Å². The quantitative estimate of drug-likeness (QED) is 0.898. The van der Waals surface area contributed by atoms with E-state index in [1.165, 1.54) is 11.8 Å². The van der Waals surface area contributed by atoms with E-state index in [1.54, 1.807) is 22.5 Å².